The van der Waals surface area contributed by atoms with Crippen LogP contribution in [0.5, 0.6) is 0 Å². The molecule has 1 spiro atoms. The summed E-state index contributed by atoms with van der Waals surface area (Å²) in [6.45, 7) is 2.45. The Balaban J connectivity index is 1.44. The van der Waals surface area contributed by atoms with Gasteiger partial charge in [-0.15, -0.1) is 0 Å². The molecule has 24 heavy (non-hydrogen) atoms. The second-order valence-electron chi connectivity index (χ2n) is 6.97. The lowest BCUT2D eigenvalue weighted by molar-refractivity contribution is -0.144. The van der Waals surface area contributed by atoms with E-state index in [1.165, 1.54) is 10.9 Å². The number of likely N-dealkylation sites (tertiary alicyclic amines) is 1. The van der Waals surface area contributed by atoms with Crippen LogP contribution in [-0.4, -0.2) is 45.5 Å². The van der Waals surface area contributed by atoms with Crippen molar-refractivity contribution < 1.29 is 14.7 Å². The number of hydrogen-bond acceptors (Lipinski definition) is 3. The Kier molecular flexibility index (Phi) is 3.57. The number of aliphatic carboxylic acids is 1. The van der Waals surface area contributed by atoms with Gasteiger partial charge in [0.05, 0.1) is 11.5 Å². The Morgan fingerprint density at radius 3 is 2.83 bits per heavy atom. The zero-order chi connectivity index (χ0) is 16.7. The quantitative estimate of drug-likeness (QED) is 0.801. The minimum absolute atomic E-state index is 0.111. The highest BCUT2D eigenvalue weighted by atomic mass is 16.4. The summed E-state index contributed by atoms with van der Waals surface area (Å²) in [6, 6.07) is 8.47. The number of carboxylic acids is 1. The molecule has 1 aromatic carbocycles. The zero-order valence-electron chi connectivity index (χ0n) is 13.4. The Morgan fingerprint density at radius 1 is 1.29 bits per heavy atom. The van der Waals surface area contributed by atoms with Crippen LogP contribution < -0.4 is 5.32 Å². The maximum Gasteiger partial charge on any atom is 0.309 e. The first kappa shape index (κ1) is 15.2. The first-order chi connectivity index (χ1) is 11.6. The van der Waals surface area contributed by atoms with Crippen LogP contribution in [0.4, 0.5) is 0 Å². The highest BCUT2D eigenvalue weighted by Gasteiger charge is 2.51. The summed E-state index contributed by atoms with van der Waals surface area (Å²) in [6.07, 6.45) is 3.44. The number of piperidine rings is 1. The Hall–Kier alpha value is -2.34. The number of nitrogens with zero attached hydrogens (tertiary/aromatic N) is 1. The van der Waals surface area contributed by atoms with E-state index in [0.29, 0.717) is 12.8 Å². The van der Waals surface area contributed by atoms with Crippen LogP contribution in [0.3, 0.4) is 0 Å². The molecule has 6 heteroatoms. The molecule has 1 amide bonds. The van der Waals surface area contributed by atoms with Crippen molar-refractivity contribution in [3.8, 4) is 0 Å². The van der Waals surface area contributed by atoms with Gasteiger partial charge in [0.2, 0.25) is 5.91 Å². The molecular formula is C18H21N3O3. The summed E-state index contributed by atoms with van der Waals surface area (Å²) < 4.78 is 0. The van der Waals surface area contributed by atoms with Gasteiger partial charge in [0, 0.05) is 37.8 Å². The van der Waals surface area contributed by atoms with Gasteiger partial charge in [-0.2, -0.15) is 0 Å². The van der Waals surface area contributed by atoms with E-state index in [1.54, 1.807) is 0 Å². The third-order valence-electron chi connectivity index (χ3n) is 5.52. The molecular weight excluding hydrogens is 306 g/mol. The van der Waals surface area contributed by atoms with Crippen molar-refractivity contribution in [1.29, 1.82) is 0 Å². The summed E-state index contributed by atoms with van der Waals surface area (Å²) >= 11 is 0. The lowest BCUT2D eigenvalue weighted by Gasteiger charge is -2.41. The Morgan fingerprint density at radius 2 is 2.08 bits per heavy atom. The molecule has 0 saturated carbocycles. The van der Waals surface area contributed by atoms with Crippen molar-refractivity contribution in [2.24, 2.45) is 5.92 Å². The third-order valence-corrected chi connectivity index (χ3v) is 5.52. The maximum atomic E-state index is 11.7. The lowest BCUT2D eigenvalue weighted by Crippen LogP contribution is -2.55. The molecule has 3 N–H and O–H groups in total. The number of rotatable bonds is 3. The number of aromatic nitrogens is 1. The monoisotopic (exact) mass is 327 g/mol. The van der Waals surface area contributed by atoms with Crippen LogP contribution in [-0.2, 0) is 16.1 Å². The highest BCUT2D eigenvalue weighted by molar-refractivity contribution is 5.88. The fourth-order valence-corrected chi connectivity index (χ4v) is 4.16. The van der Waals surface area contributed by atoms with E-state index in [2.05, 4.69) is 39.5 Å². The van der Waals surface area contributed by atoms with Crippen molar-refractivity contribution in [2.45, 2.75) is 31.3 Å². The number of nitrogens with one attached hydrogen (secondary N) is 2. The molecule has 3 heterocycles. The minimum Gasteiger partial charge on any atom is -0.481 e. The van der Waals surface area contributed by atoms with E-state index in [4.69, 9.17) is 0 Å². The molecule has 6 nitrogen and oxygen atoms in total. The van der Waals surface area contributed by atoms with Crippen molar-refractivity contribution in [1.82, 2.24) is 15.2 Å². The summed E-state index contributed by atoms with van der Waals surface area (Å²) in [7, 11) is 0. The third kappa shape index (κ3) is 2.57. The van der Waals surface area contributed by atoms with E-state index in [-0.39, 0.29) is 12.3 Å². The van der Waals surface area contributed by atoms with Gasteiger partial charge in [0.25, 0.3) is 0 Å². The van der Waals surface area contributed by atoms with E-state index in [9.17, 15) is 14.7 Å². The number of H-pyrrole nitrogens is 1. The van der Waals surface area contributed by atoms with E-state index in [0.717, 1.165) is 25.2 Å². The topological polar surface area (TPSA) is 85.4 Å². The molecule has 1 aromatic heterocycles. The number of carboxylic acid groups (broad SMARTS) is 1. The zero-order valence-corrected chi connectivity index (χ0v) is 13.4. The second kappa shape index (κ2) is 5.63. The van der Waals surface area contributed by atoms with Crippen molar-refractivity contribution in [2.75, 3.05) is 13.1 Å². The van der Waals surface area contributed by atoms with Crippen LogP contribution in [0.1, 0.15) is 24.8 Å². The van der Waals surface area contributed by atoms with Gasteiger partial charge >= 0.3 is 5.97 Å². The normalized spacial score (nSPS) is 23.7. The number of amides is 1. The largest absolute Gasteiger partial charge is 0.481 e. The highest BCUT2D eigenvalue weighted by Crippen LogP contribution is 2.37. The Labute approximate surface area is 139 Å². The van der Waals surface area contributed by atoms with Crippen LogP contribution in [0.2, 0.25) is 0 Å². The van der Waals surface area contributed by atoms with Crippen LogP contribution >= 0.6 is 0 Å². The number of carbonyl (C=O) groups excluding carboxylic acids is 1. The maximum absolute atomic E-state index is 11.7. The van der Waals surface area contributed by atoms with E-state index < -0.39 is 17.4 Å². The molecule has 2 aromatic rings. The van der Waals surface area contributed by atoms with E-state index >= 15 is 0 Å². The van der Waals surface area contributed by atoms with Crippen LogP contribution in [0.25, 0.3) is 10.9 Å². The second-order valence-corrected chi connectivity index (χ2v) is 6.97. The fraction of sp³-hybridized carbons (Fsp3) is 0.444. The van der Waals surface area contributed by atoms with Gasteiger partial charge in [-0.1, -0.05) is 6.07 Å². The van der Waals surface area contributed by atoms with Gasteiger partial charge in [0.1, 0.15) is 0 Å². The van der Waals surface area contributed by atoms with Gasteiger partial charge < -0.3 is 15.4 Å². The molecule has 2 fully saturated rings. The van der Waals surface area contributed by atoms with Crippen LogP contribution in [0.15, 0.2) is 30.5 Å². The summed E-state index contributed by atoms with van der Waals surface area (Å²) in [5, 5.41) is 13.6. The molecule has 2 aliphatic heterocycles. The van der Waals surface area contributed by atoms with Crippen molar-refractivity contribution in [3.05, 3.63) is 36.0 Å². The van der Waals surface area contributed by atoms with Gasteiger partial charge in [0.15, 0.2) is 0 Å². The van der Waals surface area contributed by atoms with Gasteiger partial charge in [-0.25, -0.2) is 0 Å². The number of fused-ring (bicyclic) bond motifs is 1. The first-order valence-electron chi connectivity index (χ1n) is 8.38. The lowest BCUT2D eigenvalue weighted by atomic mass is 9.77. The summed E-state index contributed by atoms with van der Waals surface area (Å²) in [4.78, 5) is 28.7. The molecule has 0 bridgehead atoms. The number of hydrogen-bond donors (Lipinski definition) is 3. The molecule has 0 unspecified atom stereocenters. The predicted octanol–water partition coefficient (Wildman–Crippen LogP) is 1.72. The average Bonchev–Trinajstić information content (AvgIpc) is 3.14. The molecule has 0 aliphatic carbocycles. The summed E-state index contributed by atoms with van der Waals surface area (Å²) in [5.74, 6) is -1.59. The Bertz CT molecular complexity index is 790. The SMILES string of the molecule is O=C1C[C@@H](C(=O)O)C2(CCN(Cc3ccc4[nH]ccc4c3)CC2)N1. The molecule has 0 radical (unpaired) electrons. The van der Waals surface area contributed by atoms with Crippen molar-refractivity contribution >= 4 is 22.8 Å². The average molecular weight is 327 g/mol. The molecule has 4 rings (SSSR count). The number of aromatic amines is 1. The first-order valence-corrected chi connectivity index (χ1v) is 8.38. The number of benzene rings is 1. The smallest absolute Gasteiger partial charge is 0.309 e. The van der Waals surface area contributed by atoms with Crippen LogP contribution in [0, 0.1) is 5.92 Å². The molecule has 126 valence electrons. The van der Waals surface area contributed by atoms with E-state index in [1.807, 2.05) is 6.20 Å². The van der Waals surface area contributed by atoms with Gasteiger partial charge in [-0.3, -0.25) is 14.5 Å². The molecule has 2 aliphatic rings. The molecule has 2 saturated heterocycles. The standard InChI is InChI=1S/C18H21N3O3/c22-16-10-14(17(23)24)18(20-16)4-7-21(8-5-18)11-12-1-2-15-13(9-12)3-6-19-15/h1-3,6,9,14,19H,4-5,7-8,10-11H2,(H,20,22)(H,23,24)/t14-/m0/s1. The minimum atomic E-state index is -0.861. The fourth-order valence-electron chi connectivity index (χ4n) is 4.16. The molecule has 1 atom stereocenters. The summed E-state index contributed by atoms with van der Waals surface area (Å²) in [5.41, 5.74) is 1.84. The van der Waals surface area contributed by atoms with Crippen molar-refractivity contribution in [3.63, 3.8) is 0 Å². The predicted molar refractivity (Wildman–Crippen MR) is 89.4 cm³/mol. The van der Waals surface area contributed by atoms with Gasteiger partial charge in [-0.05, 0) is 42.0 Å². The number of carbonyl (C=O) groups is 2.